The number of nitrogens with zero attached hydrogens (tertiary/aromatic N) is 2. The van der Waals surface area contributed by atoms with E-state index in [2.05, 4.69) is 34.6 Å². The normalized spacial score (nSPS) is 21.1. The van der Waals surface area contributed by atoms with Gasteiger partial charge in [0.25, 0.3) is 0 Å². The zero-order valence-corrected chi connectivity index (χ0v) is 10.5. The fourth-order valence-electron chi connectivity index (χ4n) is 2.42. The molecule has 2 heterocycles. The molecule has 1 saturated heterocycles. The predicted octanol–water partition coefficient (Wildman–Crippen LogP) is 2.47. The first-order valence-electron chi connectivity index (χ1n) is 6.39. The van der Waals surface area contributed by atoms with Crippen molar-refractivity contribution in [2.75, 3.05) is 18.5 Å². The zero-order chi connectivity index (χ0) is 12.4. The maximum atomic E-state index is 5.43. The van der Waals surface area contributed by atoms with Gasteiger partial charge in [-0.2, -0.15) is 5.10 Å². The lowest BCUT2D eigenvalue weighted by molar-refractivity contribution is 0.183. The van der Waals surface area contributed by atoms with Gasteiger partial charge in [0.1, 0.15) is 0 Å². The third-order valence-corrected chi connectivity index (χ3v) is 3.61. The summed E-state index contributed by atoms with van der Waals surface area (Å²) < 4.78 is 5.43. The molecule has 1 fully saturated rings. The zero-order valence-electron chi connectivity index (χ0n) is 10.5. The van der Waals surface area contributed by atoms with Gasteiger partial charge < -0.3 is 10.1 Å². The lowest BCUT2D eigenvalue weighted by atomic mass is 10.0. The van der Waals surface area contributed by atoms with E-state index in [1.165, 1.54) is 0 Å². The first-order valence-corrected chi connectivity index (χ1v) is 6.39. The average molecular weight is 243 g/mol. The highest BCUT2D eigenvalue weighted by molar-refractivity contribution is 5.90. The van der Waals surface area contributed by atoms with Crippen molar-refractivity contribution in [1.82, 2.24) is 10.2 Å². The van der Waals surface area contributed by atoms with Crippen LogP contribution < -0.4 is 5.32 Å². The number of aromatic nitrogens is 2. The molecule has 0 spiro atoms. The summed E-state index contributed by atoms with van der Waals surface area (Å²) in [4.78, 5) is 0. The molecule has 1 aliphatic rings. The van der Waals surface area contributed by atoms with Crippen molar-refractivity contribution in [2.45, 2.75) is 19.4 Å². The van der Waals surface area contributed by atoms with Crippen LogP contribution in [0, 0.1) is 5.92 Å². The van der Waals surface area contributed by atoms with E-state index in [0.29, 0.717) is 12.0 Å². The molecule has 0 saturated carbocycles. The van der Waals surface area contributed by atoms with Crippen LogP contribution in [0.4, 0.5) is 5.82 Å². The van der Waals surface area contributed by atoms with E-state index in [1.54, 1.807) is 6.20 Å². The van der Waals surface area contributed by atoms with Crippen LogP contribution in [-0.4, -0.2) is 29.5 Å². The molecule has 1 aliphatic heterocycles. The minimum absolute atomic E-state index is 0.354. The molecule has 2 atom stereocenters. The predicted molar refractivity (Wildman–Crippen MR) is 71.5 cm³/mol. The molecular weight excluding hydrogens is 226 g/mol. The van der Waals surface area contributed by atoms with Crippen LogP contribution in [0.2, 0.25) is 0 Å². The van der Waals surface area contributed by atoms with Gasteiger partial charge in [0.05, 0.1) is 12.8 Å². The Hall–Kier alpha value is -1.68. The number of fused-ring (bicyclic) bond motifs is 1. The Bertz CT molecular complexity index is 532. The molecule has 2 aromatic rings. The maximum absolute atomic E-state index is 5.43. The van der Waals surface area contributed by atoms with Gasteiger partial charge in [-0.3, -0.25) is 0 Å². The standard InChI is InChI=1S/C14H17N3O/c1-10(12-6-7-18-9-12)16-14-13-5-3-2-4-11(13)8-15-17-14/h2-5,8,10,12H,6-7,9H2,1H3,(H,16,17). The van der Waals surface area contributed by atoms with Gasteiger partial charge in [0.2, 0.25) is 0 Å². The lowest BCUT2D eigenvalue weighted by Gasteiger charge is -2.20. The van der Waals surface area contributed by atoms with Crippen molar-refractivity contribution >= 4 is 16.6 Å². The SMILES string of the molecule is CC(Nc1nncc2ccccc12)C1CCOC1. The second-order valence-electron chi connectivity index (χ2n) is 4.84. The molecule has 3 rings (SSSR count). The molecule has 4 nitrogen and oxygen atoms in total. The number of ether oxygens (including phenoxy) is 1. The van der Waals surface area contributed by atoms with Crippen molar-refractivity contribution in [3.8, 4) is 0 Å². The number of benzene rings is 1. The van der Waals surface area contributed by atoms with Crippen molar-refractivity contribution in [2.24, 2.45) is 5.92 Å². The second-order valence-corrected chi connectivity index (χ2v) is 4.84. The van der Waals surface area contributed by atoms with E-state index < -0.39 is 0 Å². The van der Waals surface area contributed by atoms with E-state index in [4.69, 9.17) is 4.74 Å². The minimum Gasteiger partial charge on any atom is -0.381 e. The van der Waals surface area contributed by atoms with Gasteiger partial charge >= 0.3 is 0 Å². The number of hydrogen-bond donors (Lipinski definition) is 1. The molecule has 4 heteroatoms. The number of hydrogen-bond acceptors (Lipinski definition) is 4. The van der Waals surface area contributed by atoms with E-state index in [-0.39, 0.29) is 0 Å². The summed E-state index contributed by atoms with van der Waals surface area (Å²) in [5.74, 6) is 1.43. The molecule has 1 aromatic heterocycles. The van der Waals surface area contributed by atoms with Crippen LogP contribution in [0.25, 0.3) is 10.8 Å². The van der Waals surface area contributed by atoms with Crippen molar-refractivity contribution in [3.63, 3.8) is 0 Å². The molecule has 1 aromatic carbocycles. The highest BCUT2D eigenvalue weighted by Crippen LogP contribution is 2.23. The molecule has 1 N–H and O–H groups in total. The van der Waals surface area contributed by atoms with E-state index in [1.807, 2.05) is 12.1 Å². The first kappa shape index (κ1) is 11.4. The maximum Gasteiger partial charge on any atom is 0.156 e. The third kappa shape index (κ3) is 2.16. The third-order valence-electron chi connectivity index (χ3n) is 3.61. The summed E-state index contributed by atoms with van der Waals surface area (Å²) in [7, 11) is 0. The minimum atomic E-state index is 0.354. The topological polar surface area (TPSA) is 47.0 Å². The number of nitrogens with one attached hydrogen (secondary N) is 1. The summed E-state index contributed by atoms with van der Waals surface area (Å²) in [5, 5.41) is 14.0. The van der Waals surface area contributed by atoms with Crippen molar-refractivity contribution in [1.29, 1.82) is 0 Å². The van der Waals surface area contributed by atoms with E-state index in [9.17, 15) is 0 Å². The van der Waals surface area contributed by atoms with Gasteiger partial charge in [-0.1, -0.05) is 24.3 Å². The Balaban J connectivity index is 1.85. The summed E-state index contributed by atoms with van der Waals surface area (Å²) in [6.45, 7) is 3.90. The number of rotatable bonds is 3. The first-order chi connectivity index (χ1) is 8.84. The molecule has 0 radical (unpaired) electrons. The monoisotopic (exact) mass is 243 g/mol. The van der Waals surface area contributed by atoms with Crippen molar-refractivity contribution < 1.29 is 4.74 Å². The Morgan fingerprint density at radius 3 is 3.11 bits per heavy atom. The van der Waals surface area contributed by atoms with Crippen LogP contribution in [0.1, 0.15) is 13.3 Å². The molecule has 2 unspecified atom stereocenters. The molecule has 18 heavy (non-hydrogen) atoms. The van der Waals surface area contributed by atoms with Gasteiger partial charge in [0.15, 0.2) is 5.82 Å². The van der Waals surface area contributed by atoms with Gasteiger partial charge in [-0.15, -0.1) is 5.10 Å². The number of anilines is 1. The van der Waals surface area contributed by atoms with Crippen LogP contribution in [0.15, 0.2) is 30.5 Å². The quantitative estimate of drug-likeness (QED) is 0.899. The highest BCUT2D eigenvalue weighted by atomic mass is 16.5. The average Bonchev–Trinajstić information content (AvgIpc) is 2.93. The summed E-state index contributed by atoms with van der Waals surface area (Å²) in [6, 6.07) is 8.52. The Morgan fingerprint density at radius 1 is 1.39 bits per heavy atom. The summed E-state index contributed by atoms with van der Waals surface area (Å²) in [5.41, 5.74) is 0. The Labute approximate surface area is 106 Å². The van der Waals surface area contributed by atoms with Crippen LogP contribution >= 0.6 is 0 Å². The van der Waals surface area contributed by atoms with E-state index in [0.717, 1.165) is 36.2 Å². The molecule has 94 valence electrons. The van der Waals surface area contributed by atoms with Crippen LogP contribution in [-0.2, 0) is 4.74 Å². The van der Waals surface area contributed by atoms with Crippen LogP contribution in [0.5, 0.6) is 0 Å². The molecular formula is C14H17N3O. The lowest BCUT2D eigenvalue weighted by Crippen LogP contribution is -2.26. The molecule has 0 aliphatic carbocycles. The van der Waals surface area contributed by atoms with Crippen molar-refractivity contribution in [3.05, 3.63) is 30.5 Å². The summed E-state index contributed by atoms with van der Waals surface area (Å²) in [6.07, 6.45) is 2.91. The Morgan fingerprint density at radius 2 is 2.28 bits per heavy atom. The van der Waals surface area contributed by atoms with E-state index >= 15 is 0 Å². The van der Waals surface area contributed by atoms with Gasteiger partial charge in [-0.25, -0.2) is 0 Å². The van der Waals surface area contributed by atoms with Crippen LogP contribution in [0.3, 0.4) is 0 Å². The molecule has 0 bridgehead atoms. The summed E-state index contributed by atoms with van der Waals surface area (Å²) >= 11 is 0. The smallest absolute Gasteiger partial charge is 0.156 e. The highest BCUT2D eigenvalue weighted by Gasteiger charge is 2.22. The van der Waals surface area contributed by atoms with Gasteiger partial charge in [-0.05, 0) is 13.3 Å². The van der Waals surface area contributed by atoms with Gasteiger partial charge in [0, 0.05) is 29.3 Å². The fraction of sp³-hybridized carbons (Fsp3) is 0.429. The largest absolute Gasteiger partial charge is 0.381 e. The Kier molecular flexibility index (Phi) is 3.11. The molecule has 0 amide bonds. The second kappa shape index (κ2) is 4.90. The fourth-order valence-corrected chi connectivity index (χ4v) is 2.42.